The number of likely N-dealkylation sites (N-methyl/N-ethyl adjacent to an activating group) is 1. The Morgan fingerprint density at radius 2 is 2.05 bits per heavy atom. The molecule has 122 valence electrons. The van der Waals surface area contributed by atoms with Gasteiger partial charge in [0.2, 0.25) is 0 Å². The maximum absolute atomic E-state index is 12.2. The van der Waals surface area contributed by atoms with Crippen LogP contribution in [0.1, 0.15) is 24.2 Å². The summed E-state index contributed by atoms with van der Waals surface area (Å²) in [5, 5.41) is 13.8. The molecule has 0 aliphatic rings. The van der Waals surface area contributed by atoms with Crippen LogP contribution in [0.4, 0.5) is 5.69 Å². The van der Waals surface area contributed by atoms with E-state index < -0.39 is 4.92 Å². The number of hydrogen-bond donors (Lipinski definition) is 1. The fourth-order valence-corrected chi connectivity index (χ4v) is 2.63. The molecule has 0 aliphatic heterocycles. The average Bonchev–Trinajstić information content (AvgIpc) is 2.50. The molecule has 0 bridgehead atoms. The predicted octanol–water partition coefficient (Wildman–Crippen LogP) is 2.28. The molecule has 0 fully saturated rings. The molecular formula is C14H20IN3O4. The van der Waals surface area contributed by atoms with Gasteiger partial charge in [0.25, 0.3) is 11.6 Å². The molecule has 0 saturated heterocycles. The Kier molecular flexibility index (Phi) is 7.52. The second-order valence-electron chi connectivity index (χ2n) is 4.54. The van der Waals surface area contributed by atoms with E-state index in [4.69, 9.17) is 4.74 Å². The first-order chi connectivity index (χ1) is 10.4. The molecule has 1 N–H and O–H groups in total. The third kappa shape index (κ3) is 4.80. The number of amides is 1. The molecule has 7 nitrogen and oxygen atoms in total. The Bertz CT molecular complexity index is 547. The Labute approximate surface area is 143 Å². The Morgan fingerprint density at radius 3 is 2.55 bits per heavy atom. The smallest absolute Gasteiger partial charge is 0.283 e. The van der Waals surface area contributed by atoms with Gasteiger partial charge in [0.15, 0.2) is 0 Å². The maximum atomic E-state index is 12.2. The third-order valence-electron chi connectivity index (χ3n) is 3.32. The number of carbonyl (C=O) groups excluding carboxylic acids is 1. The van der Waals surface area contributed by atoms with Crippen molar-refractivity contribution in [2.75, 3.05) is 33.3 Å². The predicted molar refractivity (Wildman–Crippen MR) is 92.5 cm³/mol. The number of nitro groups is 1. The van der Waals surface area contributed by atoms with Crippen LogP contribution >= 0.6 is 22.6 Å². The van der Waals surface area contributed by atoms with Crippen molar-refractivity contribution in [2.24, 2.45) is 0 Å². The largest absolute Gasteiger partial charge is 0.496 e. The number of nitrogens with one attached hydrogen (secondary N) is 1. The van der Waals surface area contributed by atoms with E-state index in [9.17, 15) is 14.9 Å². The van der Waals surface area contributed by atoms with Crippen LogP contribution in [0.3, 0.4) is 0 Å². The van der Waals surface area contributed by atoms with Gasteiger partial charge >= 0.3 is 0 Å². The van der Waals surface area contributed by atoms with Crippen molar-refractivity contribution in [1.29, 1.82) is 0 Å². The van der Waals surface area contributed by atoms with Crippen molar-refractivity contribution in [3.05, 3.63) is 31.4 Å². The Balaban J connectivity index is 2.87. The van der Waals surface area contributed by atoms with Crippen molar-refractivity contribution in [3.8, 4) is 5.75 Å². The first-order valence-corrected chi connectivity index (χ1v) is 8.04. The van der Waals surface area contributed by atoms with Crippen LogP contribution in [0.15, 0.2) is 12.1 Å². The second kappa shape index (κ2) is 8.89. The van der Waals surface area contributed by atoms with Crippen LogP contribution in [0.25, 0.3) is 0 Å². The van der Waals surface area contributed by atoms with Gasteiger partial charge in [-0.05, 0) is 35.7 Å². The molecule has 1 aromatic rings. The fourth-order valence-electron chi connectivity index (χ4n) is 1.99. The van der Waals surface area contributed by atoms with Gasteiger partial charge in [-0.2, -0.15) is 0 Å². The zero-order valence-corrected chi connectivity index (χ0v) is 15.0. The van der Waals surface area contributed by atoms with Crippen LogP contribution in [-0.2, 0) is 0 Å². The van der Waals surface area contributed by atoms with Crippen LogP contribution in [0, 0.1) is 13.7 Å². The third-order valence-corrected chi connectivity index (χ3v) is 4.18. The van der Waals surface area contributed by atoms with Crippen LogP contribution < -0.4 is 10.1 Å². The molecule has 0 aromatic heterocycles. The van der Waals surface area contributed by atoms with Crippen molar-refractivity contribution < 1.29 is 14.5 Å². The standard InChI is InChI=1S/C14H20IN3O4/c1-4-17(5-2)7-6-16-14(19)10-8-12(18(20)21)11(15)9-13(10)22-3/h8-9H,4-7H2,1-3H3,(H,16,19). The number of nitro benzene ring substituents is 1. The number of methoxy groups -OCH3 is 1. The zero-order valence-electron chi connectivity index (χ0n) is 12.9. The van der Waals surface area contributed by atoms with Gasteiger partial charge in [0, 0.05) is 25.2 Å². The minimum atomic E-state index is -0.506. The highest BCUT2D eigenvalue weighted by molar-refractivity contribution is 14.1. The lowest BCUT2D eigenvalue weighted by Crippen LogP contribution is -2.35. The van der Waals surface area contributed by atoms with Crippen LogP contribution in [0.2, 0.25) is 0 Å². The van der Waals surface area contributed by atoms with Gasteiger partial charge in [-0.25, -0.2) is 0 Å². The lowest BCUT2D eigenvalue weighted by molar-refractivity contribution is -0.385. The molecule has 8 heteroatoms. The summed E-state index contributed by atoms with van der Waals surface area (Å²) in [4.78, 5) is 24.9. The number of nitrogens with zero attached hydrogens (tertiary/aromatic N) is 2. The number of hydrogen-bond acceptors (Lipinski definition) is 5. The van der Waals surface area contributed by atoms with Gasteiger partial charge in [0.05, 0.1) is 21.2 Å². The zero-order chi connectivity index (χ0) is 16.7. The Morgan fingerprint density at radius 1 is 1.41 bits per heavy atom. The van der Waals surface area contributed by atoms with E-state index in [2.05, 4.69) is 24.1 Å². The van der Waals surface area contributed by atoms with Gasteiger partial charge in [-0.3, -0.25) is 14.9 Å². The van der Waals surface area contributed by atoms with Gasteiger partial charge in [0.1, 0.15) is 5.75 Å². The molecule has 0 radical (unpaired) electrons. The average molecular weight is 421 g/mol. The quantitative estimate of drug-likeness (QED) is 0.396. The van der Waals surface area contributed by atoms with E-state index in [1.807, 2.05) is 22.6 Å². The van der Waals surface area contributed by atoms with Gasteiger partial charge < -0.3 is 15.0 Å². The molecule has 0 saturated carbocycles. The summed E-state index contributed by atoms with van der Waals surface area (Å²) >= 11 is 1.85. The summed E-state index contributed by atoms with van der Waals surface area (Å²) in [6.45, 7) is 7.13. The molecule has 1 aromatic carbocycles. The number of rotatable bonds is 8. The molecule has 0 atom stereocenters. The second-order valence-corrected chi connectivity index (χ2v) is 5.71. The first-order valence-electron chi connectivity index (χ1n) is 6.97. The summed E-state index contributed by atoms with van der Waals surface area (Å²) < 4.78 is 5.58. The van der Waals surface area contributed by atoms with Gasteiger partial charge in [-0.1, -0.05) is 13.8 Å². The van der Waals surface area contributed by atoms with Crippen LogP contribution in [-0.4, -0.2) is 49.0 Å². The highest BCUT2D eigenvalue weighted by atomic mass is 127. The van der Waals surface area contributed by atoms with Crippen molar-refractivity contribution in [2.45, 2.75) is 13.8 Å². The highest BCUT2D eigenvalue weighted by Gasteiger charge is 2.21. The SMILES string of the molecule is CCN(CC)CCNC(=O)c1cc([N+](=O)[O-])c(I)cc1OC. The topological polar surface area (TPSA) is 84.7 Å². The van der Waals surface area contributed by atoms with E-state index in [1.54, 1.807) is 0 Å². The molecule has 0 aliphatic carbocycles. The summed E-state index contributed by atoms with van der Waals surface area (Å²) in [6.07, 6.45) is 0. The lowest BCUT2D eigenvalue weighted by Gasteiger charge is -2.18. The maximum Gasteiger partial charge on any atom is 0.283 e. The van der Waals surface area contributed by atoms with Crippen molar-refractivity contribution in [3.63, 3.8) is 0 Å². The van der Waals surface area contributed by atoms with E-state index in [1.165, 1.54) is 19.2 Å². The van der Waals surface area contributed by atoms with E-state index in [-0.39, 0.29) is 17.2 Å². The van der Waals surface area contributed by atoms with E-state index in [0.717, 1.165) is 19.6 Å². The fraction of sp³-hybridized carbons (Fsp3) is 0.500. The molecule has 22 heavy (non-hydrogen) atoms. The van der Waals surface area contributed by atoms with E-state index >= 15 is 0 Å². The van der Waals surface area contributed by atoms with Crippen LogP contribution in [0.5, 0.6) is 5.75 Å². The molecule has 1 rings (SSSR count). The monoisotopic (exact) mass is 421 g/mol. The lowest BCUT2D eigenvalue weighted by atomic mass is 10.1. The molecule has 1 amide bonds. The first kappa shape index (κ1) is 18.6. The van der Waals surface area contributed by atoms with Gasteiger partial charge in [-0.15, -0.1) is 0 Å². The summed E-state index contributed by atoms with van der Waals surface area (Å²) in [5.41, 5.74) is 0.0736. The minimum Gasteiger partial charge on any atom is -0.496 e. The van der Waals surface area contributed by atoms with Crippen molar-refractivity contribution in [1.82, 2.24) is 10.2 Å². The number of ether oxygens (including phenoxy) is 1. The normalized spacial score (nSPS) is 10.6. The summed E-state index contributed by atoms with van der Waals surface area (Å²) in [6, 6.07) is 2.76. The number of carbonyl (C=O) groups is 1. The summed E-state index contributed by atoms with van der Waals surface area (Å²) in [5.74, 6) is -0.0427. The molecule has 0 spiro atoms. The van der Waals surface area contributed by atoms with E-state index in [0.29, 0.717) is 15.9 Å². The molecule has 0 unspecified atom stereocenters. The summed E-state index contributed by atoms with van der Waals surface area (Å²) in [7, 11) is 1.43. The minimum absolute atomic E-state index is 0.102. The highest BCUT2D eigenvalue weighted by Crippen LogP contribution is 2.29. The molecule has 0 heterocycles. The van der Waals surface area contributed by atoms with Crippen molar-refractivity contribution >= 4 is 34.2 Å². The Hall–Kier alpha value is -1.42. The molecular weight excluding hydrogens is 401 g/mol. The number of benzene rings is 1. The number of halogens is 1.